The predicted molar refractivity (Wildman–Crippen MR) is 63.1 cm³/mol. The van der Waals surface area contributed by atoms with Gasteiger partial charge in [-0.25, -0.2) is 4.79 Å². The summed E-state index contributed by atoms with van der Waals surface area (Å²) in [5.74, 6) is -1.00. The highest BCUT2D eigenvalue weighted by Gasteiger charge is 2.37. The number of ether oxygens (including phenoxy) is 1. The molecule has 0 aliphatic carbocycles. The van der Waals surface area contributed by atoms with E-state index in [-0.39, 0.29) is 15.4 Å². The average Bonchev–Trinajstić information content (AvgIpc) is 2.25. The van der Waals surface area contributed by atoms with E-state index in [9.17, 15) is 18.0 Å². The minimum Gasteiger partial charge on any atom is -0.465 e. The summed E-state index contributed by atoms with van der Waals surface area (Å²) in [5.41, 5.74) is -1.24. The molecule has 0 radical (unpaired) electrons. The highest BCUT2D eigenvalue weighted by Crippen LogP contribution is 2.36. The lowest BCUT2D eigenvalue weighted by molar-refractivity contribution is -0.138. The van der Waals surface area contributed by atoms with Gasteiger partial charge in [0.2, 0.25) is 0 Å². The Bertz CT molecular complexity index is 444. The number of methoxy groups -OCH3 is 1. The number of halogens is 5. The summed E-state index contributed by atoms with van der Waals surface area (Å²) in [6, 6.07) is 2.30. The number of carbonyl (C=O) groups is 1. The molecule has 0 aromatic heterocycles. The van der Waals surface area contributed by atoms with Gasteiger partial charge in [0.15, 0.2) is 0 Å². The van der Waals surface area contributed by atoms with Crippen molar-refractivity contribution < 1.29 is 22.7 Å². The van der Waals surface area contributed by atoms with Crippen LogP contribution in [0, 0.1) is 0 Å². The van der Waals surface area contributed by atoms with Crippen LogP contribution in [-0.4, -0.2) is 13.1 Å². The van der Waals surface area contributed by atoms with Crippen molar-refractivity contribution in [3.05, 3.63) is 33.3 Å². The molecule has 0 bridgehead atoms. The number of hydrogen-bond acceptors (Lipinski definition) is 2. The summed E-state index contributed by atoms with van der Waals surface area (Å²) in [4.78, 5) is 11.4. The van der Waals surface area contributed by atoms with Crippen molar-refractivity contribution in [3.8, 4) is 0 Å². The van der Waals surface area contributed by atoms with Gasteiger partial charge in [0.05, 0.1) is 18.2 Å². The average molecular weight is 376 g/mol. The lowest BCUT2D eigenvalue weighted by Crippen LogP contribution is -2.16. The summed E-state index contributed by atoms with van der Waals surface area (Å²) in [6.45, 7) is 0. The summed E-state index contributed by atoms with van der Waals surface area (Å²) < 4.78 is 43.0. The first kappa shape index (κ1) is 14.5. The standard InChI is InChI=1S/C10H7Br2F3O2/c1-17-9(16)8-5(4-11)2-6(12)3-7(8)10(13,14)15/h2-3H,4H2,1H3. The van der Waals surface area contributed by atoms with E-state index in [0.717, 1.165) is 13.2 Å². The molecule has 0 spiro atoms. The highest BCUT2D eigenvalue weighted by atomic mass is 79.9. The highest BCUT2D eigenvalue weighted by molar-refractivity contribution is 9.10. The molecule has 1 aromatic rings. The van der Waals surface area contributed by atoms with Crippen LogP contribution in [0.4, 0.5) is 13.2 Å². The second kappa shape index (κ2) is 5.39. The molecule has 0 atom stereocenters. The van der Waals surface area contributed by atoms with Gasteiger partial charge in [-0.1, -0.05) is 31.9 Å². The van der Waals surface area contributed by atoms with Crippen molar-refractivity contribution in [2.24, 2.45) is 0 Å². The van der Waals surface area contributed by atoms with Gasteiger partial charge in [0.1, 0.15) is 0 Å². The minimum absolute atomic E-state index is 0.125. The SMILES string of the molecule is COC(=O)c1c(CBr)cc(Br)cc1C(F)(F)F. The second-order valence-corrected chi connectivity index (χ2v) is 4.59. The van der Waals surface area contributed by atoms with Crippen molar-refractivity contribution >= 4 is 37.8 Å². The molecule has 94 valence electrons. The van der Waals surface area contributed by atoms with Gasteiger partial charge in [0, 0.05) is 9.80 Å². The number of rotatable bonds is 2. The van der Waals surface area contributed by atoms with E-state index in [0.29, 0.717) is 0 Å². The van der Waals surface area contributed by atoms with E-state index >= 15 is 0 Å². The molecule has 7 heteroatoms. The smallest absolute Gasteiger partial charge is 0.417 e. The monoisotopic (exact) mass is 374 g/mol. The molecule has 0 N–H and O–H groups in total. The maximum absolute atomic E-state index is 12.8. The van der Waals surface area contributed by atoms with Crippen LogP contribution < -0.4 is 0 Å². The molecule has 17 heavy (non-hydrogen) atoms. The van der Waals surface area contributed by atoms with E-state index in [2.05, 4.69) is 36.6 Å². The Labute approximate surface area is 112 Å². The van der Waals surface area contributed by atoms with Crippen LogP contribution in [0.5, 0.6) is 0 Å². The first-order valence-electron chi connectivity index (χ1n) is 4.35. The number of hydrogen-bond donors (Lipinski definition) is 0. The molecular formula is C10H7Br2F3O2. The quantitative estimate of drug-likeness (QED) is 0.573. The fourth-order valence-electron chi connectivity index (χ4n) is 1.34. The fraction of sp³-hybridized carbons (Fsp3) is 0.300. The summed E-state index contributed by atoms with van der Waals surface area (Å²) in [5, 5.41) is 0.125. The van der Waals surface area contributed by atoms with Gasteiger partial charge in [-0.15, -0.1) is 0 Å². The Morgan fingerprint density at radius 3 is 2.41 bits per heavy atom. The van der Waals surface area contributed by atoms with Crippen LogP contribution in [0.3, 0.4) is 0 Å². The molecular weight excluding hydrogens is 369 g/mol. The Morgan fingerprint density at radius 1 is 1.41 bits per heavy atom. The number of benzene rings is 1. The van der Waals surface area contributed by atoms with E-state index in [1.807, 2.05) is 0 Å². The van der Waals surface area contributed by atoms with E-state index in [4.69, 9.17) is 0 Å². The molecule has 0 heterocycles. The van der Waals surface area contributed by atoms with Crippen LogP contribution in [0.1, 0.15) is 21.5 Å². The van der Waals surface area contributed by atoms with E-state index < -0.39 is 23.3 Å². The number of esters is 1. The number of carbonyl (C=O) groups excluding carboxylic acids is 1. The third kappa shape index (κ3) is 3.22. The number of alkyl halides is 4. The maximum Gasteiger partial charge on any atom is 0.417 e. The molecule has 0 unspecified atom stereocenters. The summed E-state index contributed by atoms with van der Waals surface area (Å²) >= 11 is 6.02. The zero-order valence-corrected chi connectivity index (χ0v) is 11.7. The molecule has 2 nitrogen and oxygen atoms in total. The predicted octanol–water partition coefficient (Wildman–Crippen LogP) is 4.15. The van der Waals surface area contributed by atoms with Crippen LogP contribution >= 0.6 is 31.9 Å². The third-order valence-corrected chi connectivity index (χ3v) is 3.09. The lowest BCUT2D eigenvalue weighted by atomic mass is 10.0. The van der Waals surface area contributed by atoms with Crippen molar-refractivity contribution in [3.63, 3.8) is 0 Å². The van der Waals surface area contributed by atoms with E-state index in [1.54, 1.807) is 0 Å². The maximum atomic E-state index is 12.8. The van der Waals surface area contributed by atoms with Crippen LogP contribution in [0.25, 0.3) is 0 Å². The normalized spacial score (nSPS) is 11.4. The van der Waals surface area contributed by atoms with Gasteiger partial charge in [0.25, 0.3) is 0 Å². The second-order valence-electron chi connectivity index (χ2n) is 3.11. The molecule has 0 aliphatic heterocycles. The largest absolute Gasteiger partial charge is 0.465 e. The Morgan fingerprint density at radius 2 is 2.00 bits per heavy atom. The van der Waals surface area contributed by atoms with Crippen molar-refractivity contribution in [1.29, 1.82) is 0 Å². The molecule has 0 fully saturated rings. The van der Waals surface area contributed by atoms with Gasteiger partial charge in [-0.05, 0) is 17.7 Å². The van der Waals surface area contributed by atoms with Crippen LogP contribution in [0.15, 0.2) is 16.6 Å². The zero-order chi connectivity index (χ0) is 13.2. The van der Waals surface area contributed by atoms with Crippen LogP contribution in [-0.2, 0) is 16.2 Å². The molecule has 0 amide bonds. The summed E-state index contributed by atoms with van der Waals surface area (Å²) in [7, 11) is 1.04. The minimum atomic E-state index is -4.61. The van der Waals surface area contributed by atoms with Crippen LogP contribution in [0.2, 0.25) is 0 Å². The Hall–Kier alpha value is -0.560. The lowest BCUT2D eigenvalue weighted by Gasteiger charge is -2.15. The Balaban J connectivity index is 3.56. The van der Waals surface area contributed by atoms with Gasteiger partial charge >= 0.3 is 12.1 Å². The molecule has 1 rings (SSSR count). The first-order chi connectivity index (χ1) is 7.81. The third-order valence-electron chi connectivity index (χ3n) is 2.02. The zero-order valence-electron chi connectivity index (χ0n) is 8.57. The molecule has 0 saturated heterocycles. The van der Waals surface area contributed by atoms with E-state index in [1.165, 1.54) is 6.07 Å². The van der Waals surface area contributed by atoms with Crippen molar-refractivity contribution in [2.45, 2.75) is 11.5 Å². The van der Waals surface area contributed by atoms with Gasteiger partial charge in [-0.3, -0.25) is 0 Å². The molecule has 0 saturated carbocycles. The first-order valence-corrected chi connectivity index (χ1v) is 6.26. The molecule has 0 aliphatic rings. The molecule has 1 aromatic carbocycles. The van der Waals surface area contributed by atoms with Gasteiger partial charge < -0.3 is 4.74 Å². The fourth-order valence-corrected chi connectivity index (χ4v) is 2.28. The van der Waals surface area contributed by atoms with Crippen molar-refractivity contribution in [2.75, 3.05) is 7.11 Å². The van der Waals surface area contributed by atoms with Gasteiger partial charge in [-0.2, -0.15) is 13.2 Å². The Kier molecular flexibility index (Phi) is 4.60. The summed E-state index contributed by atoms with van der Waals surface area (Å²) in [6.07, 6.45) is -4.61. The topological polar surface area (TPSA) is 26.3 Å². The van der Waals surface area contributed by atoms with Crippen molar-refractivity contribution in [1.82, 2.24) is 0 Å².